The Hall–Kier alpha value is -2.81. The molecule has 2 bridgehead atoms. The Labute approximate surface area is 261 Å². The van der Waals surface area contributed by atoms with E-state index in [1.54, 1.807) is 6.07 Å². The molecule has 4 N–H and O–H groups in total. The predicted molar refractivity (Wildman–Crippen MR) is 157 cm³/mol. The first-order valence-corrected chi connectivity index (χ1v) is 18.1. The fraction of sp³-hybridized carbons (Fsp3) is 0.444. The molecule has 0 spiro atoms. The van der Waals surface area contributed by atoms with Gasteiger partial charge in [0.2, 0.25) is 5.82 Å². The van der Waals surface area contributed by atoms with Crippen LogP contribution in [0, 0.1) is 34.6 Å². The highest BCUT2D eigenvalue weighted by Crippen LogP contribution is 2.43. The second-order valence-electron chi connectivity index (χ2n) is 11.3. The van der Waals surface area contributed by atoms with Crippen molar-refractivity contribution < 1.29 is 53.7 Å². The number of nitrogens with two attached hydrogens (primary N) is 1. The van der Waals surface area contributed by atoms with E-state index >= 15 is 8.78 Å². The molecule has 1 atom stereocenters. The molecule has 0 radical (unpaired) electrons. The van der Waals surface area contributed by atoms with E-state index in [2.05, 4.69) is 0 Å². The molecule has 0 saturated carbocycles. The zero-order chi connectivity index (χ0) is 32.6. The molecule has 3 aliphatic heterocycles. The van der Waals surface area contributed by atoms with Crippen LogP contribution in [0.4, 0.5) is 17.6 Å². The third-order valence-corrected chi connectivity index (χ3v) is 12.8. The minimum atomic E-state index is -4.75. The van der Waals surface area contributed by atoms with Crippen LogP contribution in [0.3, 0.4) is 0 Å². The number of halogens is 4. The quantitative estimate of drug-likeness (QED) is 0.107. The molecule has 0 aliphatic carbocycles. The molecule has 4 heterocycles. The zero-order valence-corrected chi connectivity index (χ0v) is 26.5. The number of fused-ring (bicyclic) bond motifs is 4. The van der Waals surface area contributed by atoms with Gasteiger partial charge in [0.15, 0.2) is 17.4 Å². The molecule has 2 aromatic carbocycles. The largest absolute Gasteiger partial charge is 0.481 e. The second kappa shape index (κ2) is 12.8. The summed E-state index contributed by atoms with van der Waals surface area (Å²) in [5.41, 5.74) is 5.34. The van der Waals surface area contributed by atoms with Crippen LogP contribution in [0.2, 0.25) is 0 Å². The fourth-order valence-corrected chi connectivity index (χ4v) is 9.77. The van der Waals surface area contributed by atoms with Gasteiger partial charge in [0.1, 0.15) is 80.6 Å². The maximum absolute atomic E-state index is 15.4. The normalized spacial score (nSPS) is 22.7. The Morgan fingerprint density at radius 3 is 2.27 bits per heavy atom. The maximum Gasteiger partial charge on any atom is 0.391 e. The van der Waals surface area contributed by atoms with Gasteiger partial charge in [-0.3, -0.25) is 0 Å². The molecule has 11 nitrogen and oxygen atoms in total. The molecular weight excluding hydrogens is 661 g/mol. The summed E-state index contributed by atoms with van der Waals surface area (Å²) in [4.78, 5) is 10.1. The summed E-state index contributed by atoms with van der Waals surface area (Å²) >= 11 is 0.287. The van der Waals surface area contributed by atoms with Crippen molar-refractivity contribution in [2.45, 2.75) is 10.6 Å². The third kappa shape index (κ3) is 6.98. The monoisotopic (exact) mass is 693 g/mol. The van der Waals surface area contributed by atoms with Crippen LogP contribution >= 0.6 is 18.9 Å². The molecule has 3 fully saturated rings. The highest BCUT2D eigenvalue weighted by Gasteiger charge is 2.48. The van der Waals surface area contributed by atoms with E-state index in [1.165, 1.54) is 0 Å². The second-order valence-corrected chi connectivity index (χ2v) is 16.1. The highest BCUT2D eigenvalue weighted by molar-refractivity contribution is 7.92. The fourth-order valence-electron chi connectivity index (χ4n) is 5.83. The van der Waals surface area contributed by atoms with Crippen molar-refractivity contribution in [1.82, 2.24) is 4.72 Å². The van der Waals surface area contributed by atoms with Gasteiger partial charge in [-0.1, -0.05) is 0 Å². The maximum atomic E-state index is 15.4. The topological polar surface area (TPSA) is 152 Å². The molecule has 3 saturated heterocycles. The Morgan fingerprint density at radius 1 is 1.02 bits per heavy atom. The van der Waals surface area contributed by atoms with Crippen LogP contribution < -0.4 is 19.7 Å². The van der Waals surface area contributed by atoms with Crippen molar-refractivity contribution in [2.75, 3.05) is 71.8 Å². The van der Waals surface area contributed by atoms with Gasteiger partial charge in [-0.2, -0.15) is 14.4 Å². The number of hydrogen-bond acceptors (Lipinski definition) is 8. The number of nitrogens with one attached hydrogen (secondary N) is 1. The summed E-state index contributed by atoms with van der Waals surface area (Å²) in [6.45, 7) is 7.69. The van der Waals surface area contributed by atoms with E-state index in [1.807, 2.05) is 4.72 Å². The molecule has 18 heteroatoms. The zero-order valence-electron chi connectivity index (χ0n) is 24.0. The number of nitrogens with zero attached hydrogens (tertiary/aromatic N) is 3. The summed E-state index contributed by atoms with van der Waals surface area (Å²) in [7, 11) is -9.40. The molecule has 244 valence electrons. The molecule has 45 heavy (non-hydrogen) atoms. The molecule has 0 amide bonds. The molecule has 6 rings (SSSR count). The number of ether oxygens (including phenoxy) is 1. The van der Waals surface area contributed by atoms with Crippen molar-refractivity contribution in [2.24, 2.45) is 5.73 Å². The Bertz CT molecular complexity index is 1790. The lowest BCUT2D eigenvalue weighted by Gasteiger charge is -2.55. The van der Waals surface area contributed by atoms with Crippen molar-refractivity contribution >= 4 is 39.0 Å². The molecule has 1 unspecified atom stereocenters. The van der Waals surface area contributed by atoms with Crippen LogP contribution in [0.25, 0.3) is 10.1 Å². The molecule has 3 aromatic rings. The average Bonchev–Trinajstić information content (AvgIpc) is 3.48. The van der Waals surface area contributed by atoms with E-state index < -0.39 is 73.0 Å². The van der Waals surface area contributed by atoms with Crippen LogP contribution in [0.5, 0.6) is 11.5 Å². The van der Waals surface area contributed by atoms with Gasteiger partial charge >= 0.3 is 7.60 Å². The van der Waals surface area contributed by atoms with Gasteiger partial charge in [-0.25, -0.2) is 26.2 Å². The van der Waals surface area contributed by atoms with Crippen LogP contribution in [0.15, 0.2) is 28.5 Å². The lowest BCUT2D eigenvalue weighted by atomic mass is 10.1. The van der Waals surface area contributed by atoms with Crippen LogP contribution in [0.1, 0.15) is 12.0 Å². The summed E-state index contributed by atoms with van der Waals surface area (Å²) in [5.74, 6) is -6.75. The van der Waals surface area contributed by atoms with Gasteiger partial charge in [-0.15, -0.1) is 11.3 Å². The number of rotatable bonds is 13. The number of piperazine rings is 3. The summed E-state index contributed by atoms with van der Waals surface area (Å²) in [6.07, 6.45) is -0.234. The van der Waals surface area contributed by atoms with E-state index in [9.17, 15) is 26.7 Å². The predicted octanol–water partition coefficient (Wildman–Crippen LogP) is 3.22. The number of hydrogen-bond donors (Lipinski definition) is 3. The smallest absolute Gasteiger partial charge is 0.391 e. The van der Waals surface area contributed by atoms with Gasteiger partial charge in [0.05, 0.1) is 16.8 Å². The van der Waals surface area contributed by atoms with Crippen LogP contribution in [-0.4, -0.2) is 94.1 Å². The Morgan fingerprint density at radius 2 is 1.67 bits per heavy atom. The van der Waals surface area contributed by atoms with E-state index in [0.29, 0.717) is 25.2 Å². The SMILES string of the molecule is N#Cc1ccc(OP(=O)(O)CNS(=O)(=O)c2cc3c(F)c(F)c(OCC[N+]45CC[N+](CCCN)(CC4)CC5)c(F)c3s2)cc1F. The number of quaternary nitrogens is 2. The number of nitriles is 1. The van der Waals surface area contributed by atoms with E-state index in [4.69, 9.17) is 20.3 Å². The Kier molecular flexibility index (Phi) is 9.52. The van der Waals surface area contributed by atoms with E-state index in [-0.39, 0.29) is 23.5 Å². The van der Waals surface area contributed by atoms with Crippen molar-refractivity contribution in [3.8, 4) is 17.6 Å². The first-order chi connectivity index (χ1) is 21.2. The molecular formula is C27H32F4N5O6PS2+2. The first kappa shape index (κ1) is 33.6. The summed E-state index contributed by atoms with van der Waals surface area (Å²) in [6, 6.07) is 5.01. The Balaban J connectivity index is 1.26. The van der Waals surface area contributed by atoms with Gasteiger partial charge in [0, 0.05) is 17.9 Å². The minimum Gasteiger partial charge on any atom is -0.481 e. The van der Waals surface area contributed by atoms with E-state index in [0.717, 1.165) is 73.3 Å². The summed E-state index contributed by atoms with van der Waals surface area (Å²) in [5, 5.41) is 8.15. The lowest BCUT2D eigenvalue weighted by Crippen LogP contribution is -2.75. The van der Waals surface area contributed by atoms with Crippen molar-refractivity contribution in [1.29, 1.82) is 5.26 Å². The average molecular weight is 694 g/mol. The highest BCUT2D eigenvalue weighted by atomic mass is 32.2. The van der Waals surface area contributed by atoms with Crippen LogP contribution in [-0.2, 0) is 14.6 Å². The number of thiophene rings is 1. The molecule has 3 aliphatic rings. The van der Waals surface area contributed by atoms with Gasteiger partial charge < -0.3 is 28.9 Å². The van der Waals surface area contributed by atoms with Crippen molar-refractivity contribution in [3.05, 3.63) is 53.1 Å². The van der Waals surface area contributed by atoms with Gasteiger partial charge in [0.25, 0.3) is 10.0 Å². The van der Waals surface area contributed by atoms with Crippen molar-refractivity contribution in [3.63, 3.8) is 0 Å². The lowest BCUT2D eigenvalue weighted by molar-refractivity contribution is -1.08. The third-order valence-electron chi connectivity index (χ3n) is 8.56. The standard InChI is InChI=1S/C27H31F4N5O6PS2/c28-21-14-19(3-2-18(21)16-33)42-43(37,38)17-34-45(39,40)22-15-20-23(29)24(30)26(25(31)27(20)44-22)41-13-12-36-9-6-35(7-10-36,8-11-36)5-1-4-32/h2-3,14-15,34H,1,4-13,17,32H2/q+1/p+1. The summed E-state index contributed by atoms with van der Waals surface area (Å²) < 4.78 is 110. The first-order valence-electron chi connectivity index (χ1n) is 14.1. The van der Waals surface area contributed by atoms with Gasteiger partial charge in [-0.05, 0) is 24.7 Å². The molecule has 1 aromatic heterocycles. The number of sulfonamides is 1. The number of benzene rings is 2. The minimum absolute atomic E-state index is 0.0748.